The second-order valence-electron chi connectivity index (χ2n) is 6.65. The van der Waals surface area contributed by atoms with Gasteiger partial charge in [0.25, 0.3) is 5.69 Å². The fourth-order valence-electron chi connectivity index (χ4n) is 2.36. The predicted octanol–water partition coefficient (Wildman–Crippen LogP) is 0.899. The van der Waals surface area contributed by atoms with Crippen LogP contribution >= 0.6 is 0 Å². The third-order valence-electron chi connectivity index (χ3n) is 3.51. The third-order valence-corrected chi connectivity index (χ3v) is 5.39. The van der Waals surface area contributed by atoms with Crippen LogP contribution in [0.2, 0.25) is 0 Å². The second-order valence-corrected chi connectivity index (χ2v) is 8.59. The fraction of sp³-hybridized carbons (Fsp3) is 0.533. The first kappa shape index (κ1) is 19.3. The Morgan fingerprint density at radius 3 is 2.44 bits per heavy atom. The van der Waals surface area contributed by atoms with Crippen molar-refractivity contribution < 1.29 is 22.9 Å². The third kappa shape index (κ3) is 4.74. The molecule has 0 bridgehead atoms. The molecular formula is C15H21N3O6S. The van der Waals surface area contributed by atoms with E-state index in [2.05, 4.69) is 5.32 Å². The van der Waals surface area contributed by atoms with Crippen molar-refractivity contribution in [3.05, 3.63) is 34.4 Å². The number of hydrogen-bond donors (Lipinski definition) is 1. The lowest BCUT2D eigenvalue weighted by Crippen LogP contribution is -2.56. The molecule has 1 aromatic rings. The summed E-state index contributed by atoms with van der Waals surface area (Å²) in [5.41, 5.74) is -0.857. The number of nitro benzene ring substituents is 1. The Labute approximate surface area is 146 Å². The minimum Gasteiger partial charge on any atom is -0.459 e. The minimum absolute atomic E-state index is 0.0528. The number of carbonyl (C=O) groups is 1. The van der Waals surface area contributed by atoms with Gasteiger partial charge in [-0.2, -0.15) is 4.31 Å². The summed E-state index contributed by atoms with van der Waals surface area (Å²) >= 11 is 0. The molecular weight excluding hydrogens is 350 g/mol. The molecule has 2 rings (SSSR count). The molecule has 0 amide bonds. The normalized spacial score (nSPS) is 19.4. The Kier molecular flexibility index (Phi) is 5.45. The molecule has 1 atom stereocenters. The van der Waals surface area contributed by atoms with Crippen LogP contribution in [0.1, 0.15) is 20.8 Å². The van der Waals surface area contributed by atoms with Gasteiger partial charge >= 0.3 is 5.97 Å². The monoisotopic (exact) mass is 371 g/mol. The van der Waals surface area contributed by atoms with E-state index in [1.54, 1.807) is 20.8 Å². The van der Waals surface area contributed by atoms with E-state index < -0.39 is 32.6 Å². The molecule has 1 N–H and O–H groups in total. The molecule has 1 aliphatic heterocycles. The second kappa shape index (κ2) is 7.06. The molecule has 1 unspecified atom stereocenters. The van der Waals surface area contributed by atoms with E-state index in [4.69, 9.17) is 4.74 Å². The van der Waals surface area contributed by atoms with Gasteiger partial charge in [-0.15, -0.1) is 0 Å². The largest absolute Gasteiger partial charge is 0.459 e. The zero-order valence-corrected chi connectivity index (χ0v) is 15.1. The summed E-state index contributed by atoms with van der Waals surface area (Å²) < 4.78 is 31.9. The maximum atomic E-state index is 12.7. The predicted molar refractivity (Wildman–Crippen MR) is 89.5 cm³/mol. The Hall–Kier alpha value is -2.04. The Balaban J connectivity index is 2.16. The number of nitro groups is 1. The van der Waals surface area contributed by atoms with Crippen molar-refractivity contribution in [1.82, 2.24) is 9.62 Å². The Morgan fingerprint density at radius 2 is 1.92 bits per heavy atom. The van der Waals surface area contributed by atoms with Gasteiger partial charge in [0.15, 0.2) is 0 Å². The van der Waals surface area contributed by atoms with E-state index >= 15 is 0 Å². The van der Waals surface area contributed by atoms with E-state index in [9.17, 15) is 23.3 Å². The van der Waals surface area contributed by atoms with Gasteiger partial charge in [-0.1, -0.05) is 0 Å². The van der Waals surface area contributed by atoms with Gasteiger partial charge in [0, 0.05) is 31.8 Å². The van der Waals surface area contributed by atoms with Crippen LogP contribution in [0.5, 0.6) is 0 Å². The number of ether oxygens (including phenoxy) is 1. The minimum atomic E-state index is -3.85. The number of hydrogen-bond acceptors (Lipinski definition) is 7. The van der Waals surface area contributed by atoms with Crippen molar-refractivity contribution >= 4 is 21.7 Å². The molecule has 138 valence electrons. The highest BCUT2D eigenvalue weighted by atomic mass is 32.2. The number of piperazine rings is 1. The molecule has 10 heteroatoms. The molecule has 0 spiro atoms. The molecule has 1 aromatic carbocycles. The van der Waals surface area contributed by atoms with E-state index in [1.165, 1.54) is 16.4 Å². The number of sulfonamides is 1. The highest BCUT2D eigenvalue weighted by Crippen LogP contribution is 2.21. The van der Waals surface area contributed by atoms with E-state index in [0.29, 0.717) is 6.54 Å². The molecule has 0 radical (unpaired) electrons. The van der Waals surface area contributed by atoms with Gasteiger partial charge in [-0.05, 0) is 32.9 Å². The van der Waals surface area contributed by atoms with Crippen LogP contribution in [0.25, 0.3) is 0 Å². The number of benzene rings is 1. The van der Waals surface area contributed by atoms with Crippen molar-refractivity contribution in [1.29, 1.82) is 0 Å². The average Bonchev–Trinajstić information content (AvgIpc) is 2.53. The average molecular weight is 371 g/mol. The van der Waals surface area contributed by atoms with Gasteiger partial charge in [-0.25, -0.2) is 8.42 Å². The highest BCUT2D eigenvalue weighted by molar-refractivity contribution is 7.89. The first-order chi connectivity index (χ1) is 11.5. The number of rotatable bonds is 4. The summed E-state index contributed by atoms with van der Waals surface area (Å²) in [5.74, 6) is -0.518. The molecule has 9 nitrogen and oxygen atoms in total. The van der Waals surface area contributed by atoms with Crippen molar-refractivity contribution in [2.75, 3.05) is 19.6 Å². The molecule has 1 fully saturated rings. The van der Waals surface area contributed by atoms with Crippen molar-refractivity contribution in [2.24, 2.45) is 0 Å². The van der Waals surface area contributed by atoms with E-state index in [0.717, 1.165) is 12.1 Å². The number of esters is 1. The first-order valence-corrected chi connectivity index (χ1v) is 9.15. The van der Waals surface area contributed by atoms with Gasteiger partial charge < -0.3 is 10.1 Å². The summed E-state index contributed by atoms with van der Waals surface area (Å²) in [7, 11) is -3.85. The quantitative estimate of drug-likeness (QED) is 0.474. The lowest BCUT2D eigenvalue weighted by atomic mass is 10.2. The first-order valence-electron chi connectivity index (χ1n) is 7.71. The molecule has 25 heavy (non-hydrogen) atoms. The van der Waals surface area contributed by atoms with Crippen molar-refractivity contribution in [3.63, 3.8) is 0 Å². The SMILES string of the molecule is CC(C)(C)OC(=O)C1CN(S(=O)(=O)c2ccc([N+](=O)[O-])cc2)CCN1. The maximum Gasteiger partial charge on any atom is 0.325 e. The zero-order valence-electron chi connectivity index (χ0n) is 14.3. The topological polar surface area (TPSA) is 119 Å². The zero-order chi connectivity index (χ0) is 18.8. The van der Waals surface area contributed by atoms with Crippen LogP contribution in [0.3, 0.4) is 0 Å². The molecule has 0 aliphatic carbocycles. The van der Waals surface area contributed by atoms with Crippen molar-refractivity contribution in [3.8, 4) is 0 Å². The van der Waals surface area contributed by atoms with E-state index in [1.807, 2.05) is 0 Å². The van der Waals surface area contributed by atoms with Crippen LogP contribution < -0.4 is 5.32 Å². The molecule has 0 saturated carbocycles. The number of carbonyl (C=O) groups excluding carboxylic acids is 1. The highest BCUT2D eigenvalue weighted by Gasteiger charge is 2.35. The van der Waals surface area contributed by atoms with Crippen LogP contribution in [0, 0.1) is 10.1 Å². The van der Waals surface area contributed by atoms with Crippen molar-refractivity contribution in [2.45, 2.75) is 37.3 Å². The summed E-state index contributed by atoms with van der Waals surface area (Å²) in [6.07, 6.45) is 0. The Bertz CT molecular complexity index is 754. The number of nitrogens with one attached hydrogen (secondary N) is 1. The van der Waals surface area contributed by atoms with Gasteiger partial charge in [0.05, 0.1) is 9.82 Å². The smallest absolute Gasteiger partial charge is 0.325 e. The lowest BCUT2D eigenvalue weighted by Gasteiger charge is -2.33. The van der Waals surface area contributed by atoms with Gasteiger partial charge in [0.1, 0.15) is 11.6 Å². The summed E-state index contributed by atoms with van der Waals surface area (Å²) in [6.45, 7) is 5.64. The number of non-ortho nitro benzene ring substituents is 1. The van der Waals surface area contributed by atoms with Crippen LogP contribution in [-0.4, -0.2) is 54.9 Å². The molecule has 1 saturated heterocycles. The summed E-state index contributed by atoms with van der Waals surface area (Å²) in [4.78, 5) is 22.2. The van der Waals surface area contributed by atoms with E-state index in [-0.39, 0.29) is 23.7 Å². The van der Waals surface area contributed by atoms with Crippen LogP contribution in [-0.2, 0) is 19.6 Å². The summed E-state index contributed by atoms with van der Waals surface area (Å²) in [5, 5.41) is 13.6. The van der Waals surface area contributed by atoms with Crippen LogP contribution in [0.15, 0.2) is 29.2 Å². The standard InChI is InChI=1S/C15H21N3O6S/c1-15(2,3)24-14(19)13-10-17(9-8-16-13)25(22,23)12-6-4-11(5-7-12)18(20)21/h4-7,13,16H,8-10H2,1-3H3. The Morgan fingerprint density at radius 1 is 1.32 bits per heavy atom. The van der Waals surface area contributed by atoms with Crippen LogP contribution in [0.4, 0.5) is 5.69 Å². The molecule has 1 heterocycles. The molecule has 0 aromatic heterocycles. The number of nitrogens with zero attached hydrogens (tertiary/aromatic N) is 2. The maximum absolute atomic E-state index is 12.7. The lowest BCUT2D eigenvalue weighted by molar-refractivity contribution is -0.384. The van der Waals surface area contributed by atoms with Gasteiger partial charge in [0.2, 0.25) is 10.0 Å². The summed E-state index contributed by atoms with van der Waals surface area (Å²) in [6, 6.07) is 3.90. The fourth-order valence-corrected chi connectivity index (χ4v) is 3.82. The van der Waals surface area contributed by atoms with Gasteiger partial charge in [-0.3, -0.25) is 14.9 Å². The molecule has 1 aliphatic rings.